The van der Waals surface area contributed by atoms with Gasteiger partial charge in [-0.3, -0.25) is 9.48 Å². The lowest BCUT2D eigenvalue weighted by Gasteiger charge is -2.13. The number of nitrogens with one attached hydrogen (secondary N) is 1. The Kier molecular flexibility index (Phi) is 4.49. The molecule has 0 saturated carbocycles. The molecular formula is C11H20N4O. The van der Waals surface area contributed by atoms with Crippen molar-refractivity contribution in [2.24, 2.45) is 18.7 Å². The van der Waals surface area contributed by atoms with Crippen LogP contribution >= 0.6 is 0 Å². The standard InChI is InChI=1S/C11H20N4O/c1-8(2)4-10(12)11(16)13-5-9-6-14-15(3)7-9/h6-8,10H,4-5,12H2,1-3H3,(H,13,16)/t10-/m1/s1. The van der Waals surface area contributed by atoms with Gasteiger partial charge in [0.25, 0.3) is 0 Å². The van der Waals surface area contributed by atoms with E-state index < -0.39 is 6.04 Å². The second-order valence-corrected chi connectivity index (χ2v) is 4.48. The third kappa shape index (κ3) is 4.02. The average molecular weight is 224 g/mol. The fourth-order valence-corrected chi connectivity index (χ4v) is 1.50. The summed E-state index contributed by atoms with van der Waals surface area (Å²) in [6, 6.07) is -0.420. The van der Waals surface area contributed by atoms with E-state index in [0.29, 0.717) is 18.9 Å². The zero-order chi connectivity index (χ0) is 12.1. The summed E-state index contributed by atoms with van der Waals surface area (Å²) in [5.41, 5.74) is 6.73. The van der Waals surface area contributed by atoms with Crippen molar-refractivity contribution in [2.75, 3.05) is 0 Å². The maximum absolute atomic E-state index is 11.6. The first-order valence-electron chi connectivity index (χ1n) is 5.50. The molecule has 3 N–H and O–H groups in total. The third-order valence-corrected chi connectivity index (χ3v) is 2.29. The highest BCUT2D eigenvalue weighted by Crippen LogP contribution is 2.03. The van der Waals surface area contributed by atoms with Crippen molar-refractivity contribution in [3.8, 4) is 0 Å². The van der Waals surface area contributed by atoms with Gasteiger partial charge in [0.1, 0.15) is 0 Å². The molecule has 1 aromatic rings. The van der Waals surface area contributed by atoms with E-state index in [1.54, 1.807) is 10.9 Å². The van der Waals surface area contributed by atoms with Crippen LogP contribution in [-0.4, -0.2) is 21.7 Å². The van der Waals surface area contributed by atoms with Crippen LogP contribution in [0.4, 0.5) is 0 Å². The molecule has 1 atom stereocenters. The number of aryl methyl sites for hydroxylation is 1. The summed E-state index contributed by atoms with van der Waals surface area (Å²) in [5, 5.41) is 6.82. The Morgan fingerprint density at radius 1 is 1.62 bits per heavy atom. The van der Waals surface area contributed by atoms with Gasteiger partial charge in [-0.1, -0.05) is 13.8 Å². The molecule has 5 heteroatoms. The molecule has 1 rings (SSSR count). The van der Waals surface area contributed by atoms with Crippen molar-refractivity contribution < 1.29 is 4.79 Å². The Balaban J connectivity index is 2.35. The number of nitrogens with two attached hydrogens (primary N) is 1. The van der Waals surface area contributed by atoms with Crippen molar-refractivity contribution in [3.05, 3.63) is 18.0 Å². The normalized spacial score (nSPS) is 12.8. The molecular weight excluding hydrogens is 204 g/mol. The van der Waals surface area contributed by atoms with Gasteiger partial charge < -0.3 is 11.1 Å². The molecule has 1 amide bonds. The summed E-state index contributed by atoms with van der Waals surface area (Å²) in [4.78, 5) is 11.6. The lowest BCUT2D eigenvalue weighted by molar-refractivity contribution is -0.122. The highest BCUT2D eigenvalue weighted by molar-refractivity contribution is 5.81. The Morgan fingerprint density at radius 3 is 2.81 bits per heavy atom. The highest BCUT2D eigenvalue weighted by Gasteiger charge is 2.14. The average Bonchev–Trinajstić information content (AvgIpc) is 2.59. The van der Waals surface area contributed by atoms with Gasteiger partial charge in [0.05, 0.1) is 12.2 Å². The molecule has 16 heavy (non-hydrogen) atoms. The molecule has 0 aliphatic carbocycles. The third-order valence-electron chi connectivity index (χ3n) is 2.29. The van der Waals surface area contributed by atoms with Gasteiger partial charge in [0.2, 0.25) is 5.91 Å². The van der Waals surface area contributed by atoms with Crippen LogP contribution in [0.5, 0.6) is 0 Å². The van der Waals surface area contributed by atoms with E-state index in [1.807, 2.05) is 27.1 Å². The topological polar surface area (TPSA) is 72.9 Å². The predicted octanol–water partition coefficient (Wildman–Crippen LogP) is 0.410. The Bertz CT molecular complexity index is 346. The van der Waals surface area contributed by atoms with Crippen molar-refractivity contribution >= 4 is 5.91 Å². The first-order chi connectivity index (χ1) is 7.49. The molecule has 1 heterocycles. The van der Waals surface area contributed by atoms with Crippen LogP contribution in [0.15, 0.2) is 12.4 Å². The van der Waals surface area contributed by atoms with E-state index >= 15 is 0 Å². The first kappa shape index (κ1) is 12.7. The minimum absolute atomic E-state index is 0.0995. The quantitative estimate of drug-likeness (QED) is 0.761. The number of aromatic nitrogens is 2. The molecule has 0 unspecified atom stereocenters. The van der Waals surface area contributed by atoms with Gasteiger partial charge >= 0.3 is 0 Å². The fraction of sp³-hybridized carbons (Fsp3) is 0.636. The maximum Gasteiger partial charge on any atom is 0.237 e. The van der Waals surface area contributed by atoms with E-state index in [2.05, 4.69) is 10.4 Å². The molecule has 0 aromatic carbocycles. The highest BCUT2D eigenvalue weighted by atomic mass is 16.2. The monoisotopic (exact) mass is 224 g/mol. The van der Waals surface area contributed by atoms with E-state index in [-0.39, 0.29) is 5.91 Å². The zero-order valence-electron chi connectivity index (χ0n) is 10.1. The SMILES string of the molecule is CC(C)C[C@@H](N)C(=O)NCc1cnn(C)c1. The van der Waals surface area contributed by atoms with Gasteiger partial charge in [-0.2, -0.15) is 5.10 Å². The maximum atomic E-state index is 11.6. The number of hydrogen-bond acceptors (Lipinski definition) is 3. The van der Waals surface area contributed by atoms with Crippen molar-refractivity contribution in [1.82, 2.24) is 15.1 Å². The lowest BCUT2D eigenvalue weighted by Crippen LogP contribution is -2.40. The largest absolute Gasteiger partial charge is 0.351 e. The summed E-state index contributed by atoms with van der Waals surface area (Å²) < 4.78 is 1.70. The van der Waals surface area contributed by atoms with Crippen LogP contribution < -0.4 is 11.1 Å². The summed E-state index contributed by atoms with van der Waals surface area (Å²) in [6.07, 6.45) is 4.31. The van der Waals surface area contributed by atoms with Crippen LogP contribution in [0.3, 0.4) is 0 Å². The number of amides is 1. The van der Waals surface area contributed by atoms with E-state index in [1.165, 1.54) is 0 Å². The van der Waals surface area contributed by atoms with Crippen LogP contribution in [0.1, 0.15) is 25.8 Å². The summed E-state index contributed by atoms with van der Waals surface area (Å²) >= 11 is 0. The van der Waals surface area contributed by atoms with Crippen LogP contribution in [0.2, 0.25) is 0 Å². The summed E-state index contributed by atoms with van der Waals surface area (Å²) in [7, 11) is 1.84. The molecule has 5 nitrogen and oxygen atoms in total. The fourth-order valence-electron chi connectivity index (χ4n) is 1.50. The molecule has 0 saturated heterocycles. The number of carbonyl (C=O) groups excluding carboxylic acids is 1. The number of rotatable bonds is 5. The van der Waals surface area contributed by atoms with E-state index in [0.717, 1.165) is 5.56 Å². The molecule has 90 valence electrons. The summed E-state index contributed by atoms with van der Waals surface area (Å²) in [5.74, 6) is 0.330. The molecule has 0 aliphatic rings. The Hall–Kier alpha value is -1.36. The van der Waals surface area contributed by atoms with Crippen LogP contribution in [0, 0.1) is 5.92 Å². The molecule has 0 spiro atoms. The molecule has 1 aromatic heterocycles. The van der Waals surface area contributed by atoms with Gasteiger partial charge in [-0.15, -0.1) is 0 Å². The Morgan fingerprint density at radius 2 is 2.31 bits per heavy atom. The van der Waals surface area contributed by atoms with Gasteiger partial charge in [0, 0.05) is 25.4 Å². The Labute approximate surface area is 96.0 Å². The molecule has 0 radical (unpaired) electrons. The smallest absolute Gasteiger partial charge is 0.237 e. The predicted molar refractivity (Wildman–Crippen MR) is 62.5 cm³/mol. The molecule has 0 fully saturated rings. The molecule has 0 bridgehead atoms. The minimum atomic E-state index is -0.420. The van der Waals surface area contributed by atoms with Gasteiger partial charge in [-0.25, -0.2) is 0 Å². The van der Waals surface area contributed by atoms with Crippen molar-refractivity contribution in [3.63, 3.8) is 0 Å². The van der Waals surface area contributed by atoms with Crippen molar-refractivity contribution in [1.29, 1.82) is 0 Å². The van der Waals surface area contributed by atoms with Crippen LogP contribution in [-0.2, 0) is 18.4 Å². The summed E-state index contributed by atoms with van der Waals surface area (Å²) in [6.45, 7) is 4.58. The van der Waals surface area contributed by atoms with E-state index in [9.17, 15) is 4.79 Å². The zero-order valence-corrected chi connectivity index (χ0v) is 10.1. The number of hydrogen-bond donors (Lipinski definition) is 2. The lowest BCUT2D eigenvalue weighted by atomic mass is 10.0. The minimum Gasteiger partial charge on any atom is -0.351 e. The van der Waals surface area contributed by atoms with Crippen LogP contribution in [0.25, 0.3) is 0 Å². The second kappa shape index (κ2) is 5.65. The van der Waals surface area contributed by atoms with Crippen molar-refractivity contribution in [2.45, 2.75) is 32.9 Å². The second-order valence-electron chi connectivity index (χ2n) is 4.48. The van der Waals surface area contributed by atoms with Gasteiger partial charge in [-0.05, 0) is 12.3 Å². The van der Waals surface area contributed by atoms with Gasteiger partial charge in [0.15, 0.2) is 0 Å². The first-order valence-corrected chi connectivity index (χ1v) is 5.50. The molecule has 0 aliphatic heterocycles. The number of carbonyl (C=O) groups is 1. The van der Waals surface area contributed by atoms with E-state index in [4.69, 9.17) is 5.73 Å². The number of nitrogens with zero attached hydrogens (tertiary/aromatic N) is 2.